The molecule has 0 aromatic heterocycles. The number of ether oxygens (including phenoxy) is 1. The van der Waals surface area contributed by atoms with Crippen LogP contribution in [-0.2, 0) is 6.61 Å². The molecule has 0 heterocycles. The molecule has 5 heteroatoms. The first-order chi connectivity index (χ1) is 8.56. The van der Waals surface area contributed by atoms with Crippen LogP contribution in [0.4, 0.5) is 14.5 Å². The number of nitrogens with two attached hydrogens (primary N) is 1. The van der Waals surface area contributed by atoms with Crippen molar-refractivity contribution in [2.24, 2.45) is 0 Å². The van der Waals surface area contributed by atoms with Gasteiger partial charge in [-0.1, -0.05) is 23.7 Å². The normalized spacial score (nSPS) is 10.4. The van der Waals surface area contributed by atoms with E-state index in [0.29, 0.717) is 5.02 Å². The topological polar surface area (TPSA) is 35.2 Å². The third-order valence-corrected chi connectivity index (χ3v) is 2.61. The molecule has 2 aromatic carbocycles. The smallest absolute Gasteiger partial charge is 0.167 e. The maximum atomic E-state index is 13.4. The monoisotopic (exact) mass is 269 g/mol. The van der Waals surface area contributed by atoms with Gasteiger partial charge in [-0.2, -0.15) is 0 Å². The lowest BCUT2D eigenvalue weighted by Crippen LogP contribution is -2.00. The van der Waals surface area contributed by atoms with Crippen molar-refractivity contribution in [3.05, 3.63) is 58.6 Å². The van der Waals surface area contributed by atoms with Crippen LogP contribution in [0.15, 0.2) is 36.4 Å². The second kappa shape index (κ2) is 5.23. The summed E-state index contributed by atoms with van der Waals surface area (Å²) in [6.45, 7) is 0.122. The van der Waals surface area contributed by atoms with Gasteiger partial charge in [-0.3, -0.25) is 0 Å². The van der Waals surface area contributed by atoms with Crippen LogP contribution >= 0.6 is 11.6 Å². The summed E-state index contributed by atoms with van der Waals surface area (Å²) in [6, 6.07) is 8.70. The Bertz CT molecular complexity index is 558. The minimum absolute atomic E-state index is 0.122. The summed E-state index contributed by atoms with van der Waals surface area (Å²) < 4.78 is 31.7. The zero-order chi connectivity index (χ0) is 13.1. The van der Waals surface area contributed by atoms with E-state index in [-0.39, 0.29) is 18.0 Å². The van der Waals surface area contributed by atoms with Crippen molar-refractivity contribution in [1.82, 2.24) is 0 Å². The zero-order valence-electron chi connectivity index (χ0n) is 9.29. The van der Waals surface area contributed by atoms with Crippen molar-refractivity contribution in [3.63, 3.8) is 0 Å². The first kappa shape index (κ1) is 12.6. The molecule has 0 unspecified atom stereocenters. The van der Waals surface area contributed by atoms with E-state index in [1.54, 1.807) is 24.3 Å². The van der Waals surface area contributed by atoms with Crippen molar-refractivity contribution >= 4 is 17.3 Å². The van der Waals surface area contributed by atoms with E-state index in [2.05, 4.69) is 0 Å². The van der Waals surface area contributed by atoms with Gasteiger partial charge in [0, 0.05) is 17.2 Å². The molecule has 0 saturated heterocycles. The number of hydrogen-bond donors (Lipinski definition) is 1. The molecule has 0 saturated carbocycles. The quantitative estimate of drug-likeness (QED) is 0.861. The Morgan fingerprint density at radius 3 is 2.39 bits per heavy atom. The Morgan fingerprint density at radius 1 is 1.06 bits per heavy atom. The van der Waals surface area contributed by atoms with Crippen molar-refractivity contribution in [1.29, 1.82) is 0 Å². The van der Waals surface area contributed by atoms with Crippen molar-refractivity contribution in [2.75, 3.05) is 5.73 Å². The van der Waals surface area contributed by atoms with Gasteiger partial charge in [0.25, 0.3) is 0 Å². The van der Waals surface area contributed by atoms with E-state index in [1.165, 1.54) is 0 Å². The van der Waals surface area contributed by atoms with E-state index in [9.17, 15) is 8.78 Å². The molecule has 0 aliphatic carbocycles. The van der Waals surface area contributed by atoms with Crippen LogP contribution in [0.1, 0.15) is 5.56 Å². The van der Waals surface area contributed by atoms with Crippen molar-refractivity contribution in [3.8, 4) is 5.75 Å². The summed E-state index contributed by atoms with van der Waals surface area (Å²) in [4.78, 5) is 0. The average molecular weight is 270 g/mol. The molecular weight excluding hydrogens is 260 g/mol. The molecule has 0 radical (unpaired) electrons. The third-order valence-electron chi connectivity index (χ3n) is 2.36. The molecule has 2 aromatic rings. The number of nitrogen functional groups attached to an aromatic ring is 1. The lowest BCUT2D eigenvalue weighted by molar-refractivity contribution is 0.288. The second-order valence-electron chi connectivity index (χ2n) is 3.72. The van der Waals surface area contributed by atoms with E-state index in [0.717, 1.165) is 17.7 Å². The minimum Gasteiger partial charge on any atom is -0.486 e. The van der Waals surface area contributed by atoms with Gasteiger partial charge in [0.1, 0.15) is 12.4 Å². The average Bonchev–Trinajstić information content (AvgIpc) is 2.34. The van der Waals surface area contributed by atoms with Gasteiger partial charge in [0.15, 0.2) is 11.6 Å². The van der Waals surface area contributed by atoms with Gasteiger partial charge in [-0.15, -0.1) is 0 Å². The zero-order valence-corrected chi connectivity index (χ0v) is 10.0. The lowest BCUT2D eigenvalue weighted by atomic mass is 10.2. The number of anilines is 1. The molecule has 0 bridgehead atoms. The van der Waals surface area contributed by atoms with E-state index < -0.39 is 11.6 Å². The fraction of sp³-hybridized carbons (Fsp3) is 0.0769. The largest absolute Gasteiger partial charge is 0.486 e. The number of rotatable bonds is 3. The van der Waals surface area contributed by atoms with Gasteiger partial charge in [0.2, 0.25) is 0 Å². The summed E-state index contributed by atoms with van der Waals surface area (Å²) in [7, 11) is 0. The molecule has 2 rings (SSSR count). The Labute approximate surface area is 108 Å². The van der Waals surface area contributed by atoms with Gasteiger partial charge in [-0.05, 0) is 17.7 Å². The van der Waals surface area contributed by atoms with Gasteiger partial charge < -0.3 is 10.5 Å². The van der Waals surface area contributed by atoms with Crippen molar-refractivity contribution < 1.29 is 13.5 Å². The van der Waals surface area contributed by atoms with Crippen LogP contribution in [0, 0.1) is 11.6 Å². The molecule has 94 valence electrons. The van der Waals surface area contributed by atoms with E-state index in [4.69, 9.17) is 22.1 Å². The van der Waals surface area contributed by atoms with Crippen LogP contribution in [0.2, 0.25) is 5.02 Å². The van der Waals surface area contributed by atoms with Crippen LogP contribution < -0.4 is 10.5 Å². The fourth-order valence-electron chi connectivity index (χ4n) is 1.40. The SMILES string of the molecule is Nc1cc(F)c(OCc2ccc(Cl)cc2)cc1F. The van der Waals surface area contributed by atoms with Crippen LogP contribution in [0.5, 0.6) is 5.75 Å². The minimum atomic E-state index is -0.706. The number of benzene rings is 2. The summed E-state index contributed by atoms with van der Waals surface area (Å²) in [5.74, 6) is -1.57. The molecule has 0 aliphatic heterocycles. The molecule has 0 amide bonds. The maximum absolute atomic E-state index is 13.4. The predicted octanol–water partition coefficient (Wildman–Crippen LogP) is 3.78. The summed E-state index contributed by atoms with van der Waals surface area (Å²) in [5.41, 5.74) is 5.79. The molecular formula is C13H10ClF2NO. The fourth-order valence-corrected chi connectivity index (χ4v) is 1.52. The standard InChI is InChI=1S/C13H10ClF2NO/c14-9-3-1-8(2-4-9)7-18-13-6-10(15)12(17)5-11(13)16/h1-6H,7,17H2. The summed E-state index contributed by atoms with van der Waals surface area (Å²) in [5, 5.41) is 0.600. The highest BCUT2D eigenvalue weighted by Gasteiger charge is 2.09. The summed E-state index contributed by atoms with van der Waals surface area (Å²) in [6.07, 6.45) is 0. The lowest BCUT2D eigenvalue weighted by Gasteiger charge is -2.08. The van der Waals surface area contributed by atoms with Crippen LogP contribution in [-0.4, -0.2) is 0 Å². The van der Waals surface area contributed by atoms with Crippen LogP contribution in [0.25, 0.3) is 0 Å². The van der Waals surface area contributed by atoms with Crippen LogP contribution in [0.3, 0.4) is 0 Å². The van der Waals surface area contributed by atoms with Gasteiger partial charge in [0.05, 0.1) is 5.69 Å². The predicted molar refractivity (Wildman–Crippen MR) is 66.6 cm³/mol. The van der Waals surface area contributed by atoms with Crippen molar-refractivity contribution in [2.45, 2.75) is 6.61 Å². The third kappa shape index (κ3) is 2.90. The van der Waals surface area contributed by atoms with Gasteiger partial charge in [-0.25, -0.2) is 8.78 Å². The first-order valence-electron chi connectivity index (χ1n) is 5.18. The first-order valence-corrected chi connectivity index (χ1v) is 5.56. The number of hydrogen-bond acceptors (Lipinski definition) is 2. The van der Waals surface area contributed by atoms with Gasteiger partial charge >= 0.3 is 0 Å². The highest BCUT2D eigenvalue weighted by Crippen LogP contribution is 2.24. The molecule has 2 N–H and O–H groups in total. The highest BCUT2D eigenvalue weighted by molar-refractivity contribution is 6.30. The molecule has 0 fully saturated rings. The Kier molecular flexibility index (Phi) is 3.67. The molecule has 0 atom stereocenters. The Morgan fingerprint density at radius 2 is 1.72 bits per heavy atom. The summed E-state index contributed by atoms with van der Waals surface area (Å²) >= 11 is 5.73. The molecule has 18 heavy (non-hydrogen) atoms. The molecule has 0 spiro atoms. The Balaban J connectivity index is 2.10. The molecule has 0 aliphatic rings. The maximum Gasteiger partial charge on any atom is 0.167 e. The number of halogens is 3. The second-order valence-corrected chi connectivity index (χ2v) is 4.16. The van der Waals surface area contributed by atoms with E-state index >= 15 is 0 Å². The Hall–Kier alpha value is -1.81. The highest BCUT2D eigenvalue weighted by atomic mass is 35.5. The van der Waals surface area contributed by atoms with E-state index in [1.807, 2.05) is 0 Å². The molecule has 2 nitrogen and oxygen atoms in total.